The van der Waals surface area contributed by atoms with Crippen LogP contribution in [0.3, 0.4) is 0 Å². The summed E-state index contributed by atoms with van der Waals surface area (Å²) in [5.74, 6) is 0.987. The largest absolute Gasteiger partial charge is 0.276 e. The molecule has 0 unspecified atom stereocenters. The summed E-state index contributed by atoms with van der Waals surface area (Å²) >= 11 is 0. The highest BCUT2D eigenvalue weighted by atomic mass is 15.5. The molecule has 2 aromatic heterocycles. The van der Waals surface area contributed by atoms with Gasteiger partial charge in [-0.05, 0) is 44.4 Å². The van der Waals surface area contributed by atoms with Crippen LogP contribution in [0.2, 0.25) is 0 Å². The van der Waals surface area contributed by atoms with Gasteiger partial charge in [-0.3, -0.25) is 4.57 Å². The average molecular weight is 290 g/mol. The summed E-state index contributed by atoms with van der Waals surface area (Å²) in [5.41, 5.74) is 5.63. The molecule has 4 rings (SSSR count). The van der Waals surface area contributed by atoms with Gasteiger partial charge in [0.15, 0.2) is 11.5 Å². The van der Waals surface area contributed by atoms with Crippen molar-refractivity contribution in [1.82, 2.24) is 19.4 Å². The molecule has 0 spiro atoms. The zero-order valence-electron chi connectivity index (χ0n) is 12.8. The van der Waals surface area contributed by atoms with E-state index in [1.54, 1.807) is 4.63 Å². The van der Waals surface area contributed by atoms with E-state index in [4.69, 9.17) is 5.10 Å². The van der Waals surface area contributed by atoms with Crippen molar-refractivity contribution in [2.45, 2.75) is 26.7 Å². The third kappa shape index (κ3) is 1.91. The van der Waals surface area contributed by atoms with Gasteiger partial charge in [0, 0.05) is 11.3 Å². The standard InChI is InChI=1S/C18H18N4/c1-13-14(2)19-22-18(13)21(16-11-7-4-8-12-16)17(20-22)15-9-5-3-6-10-15/h3-5,7-9,11-12H,6,10H2,1-2H3. The number of fused-ring (bicyclic) bond motifs is 1. The fraction of sp³-hybridized carbons (Fsp3) is 0.222. The SMILES string of the molecule is Cc1nn2nc(C3=CC=CCC3)n(-c3ccccc3)c2c1C. The summed E-state index contributed by atoms with van der Waals surface area (Å²) in [6.07, 6.45) is 8.55. The Morgan fingerprint density at radius 2 is 1.86 bits per heavy atom. The highest BCUT2D eigenvalue weighted by molar-refractivity contribution is 5.69. The maximum atomic E-state index is 4.76. The molecule has 0 atom stereocenters. The molecule has 0 N–H and O–H groups in total. The molecule has 22 heavy (non-hydrogen) atoms. The van der Waals surface area contributed by atoms with E-state index < -0.39 is 0 Å². The second-order valence-electron chi connectivity index (χ2n) is 5.68. The summed E-state index contributed by atoms with van der Waals surface area (Å²) in [6.45, 7) is 4.14. The lowest BCUT2D eigenvalue weighted by Crippen LogP contribution is -2.02. The van der Waals surface area contributed by atoms with E-state index in [1.165, 1.54) is 11.1 Å². The zero-order chi connectivity index (χ0) is 15.1. The lowest BCUT2D eigenvalue weighted by Gasteiger charge is -2.12. The van der Waals surface area contributed by atoms with E-state index in [2.05, 4.69) is 59.1 Å². The summed E-state index contributed by atoms with van der Waals surface area (Å²) < 4.78 is 3.99. The third-order valence-corrected chi connectivity index (χ3v) is 4.24. The van der Waals surface area contributed by atoms with Crippen molar-refractivity contribution in [3.05, 3.63) is 65.6 Å². The Balaban J connectivity index is 2.05. The molecule has 2 heterocycles. The number of para-hydroxylation sites is 1. The summed E-state index contributed by atoms with van der Waals surface area (Å²) in [7, 11) is 0. The first-order valence-electron chi connectivity index (χ1n) is 7.62. The molecule has 4 nitrogen and oxygen atoms in total. The van der Waals surface area contributed by atoms with Gasteiger partial charge < -0.3 is 0 Å². The van der Waals surface area contributed by atoms with Crippen LogP contribution < -0.4 is 0 Å². The van der Waals surface area contributed by atoms with Crippen LogP contribution in [-0.4, -0.2) is 19.4 Å². The fourth-order valence-electron chi connectivity index (χ4n) is 2.96. The summed E-state index contributed by atoms with van der Waals surface area (Å²) in [5, 5.41) is 9.31. The van der Waals surface area contributed by atoms with Crippen molar-refractivity contribution >= 4 is 11.2 Å². The normalized spacial score (nSPS) is 14.5. The number of nitrogens with zero attached hydrogens (tertiary/aromatic N) is 4. The summed E-state index contributed by atoms with van der Waals surface area (Å²) in [6, 6.07) is 10.4. The Kier molecular flexibility index (Phi) is 2.96. The van der Waals surface area contributed by atoms with Crippen LogP contribution >= 0.6 is 0 Å². The number of hydrogen-bond acceptors (Lipinski definition) is 2. The molecule has 0 fully saturated rings. The lowest BCUT2D eigenvalue weighted by molar-refractivity contribution is 0.798. The fourth-order valence-corrected chi connectivity index (χ4v) is 2.96. The minimum absolute atomic E-state index is 0.987. The first kappa shape index (κ1) is 13.1. The van der Waals surface area contributed by atoms with E-state index in [1.807, 2.05) is 13.0 Å². The number of hydrogen-bond donors (Lipinski definition) is 0. The van der Waals surface area contributed by atoms with Crippen molar-refractivity contribution in [3.8, 4) is 5.69 Å². The van der Waals surface area contributed by atoms with Crippen LogP contribution in [0.1, 0.15) is 29.9 Å². The second kappa shape index (κ2) is 4.98. The van der Waals surface area contributed by atoms with Crippen molar-refractivity contribution in [2.75, 3.05) is 0 Å². The van der Waals surface area contributed by atoms with Crippen molar-refractivity contribution in [1.29, 1.82) is 0 Å². The molecule has 110 valence electrons. The number of allylic oxidation sites excluding steroid dienone is 4. The van der Waals surface area contributed by atoms with Crippen molar-refractivity contribution < 1.29 is 0 Å². The van der Waals surface area contributed by atoms with Crippen LogP contribution in [-0.2, 0) is 0 Å². The van der Waals surface area contributed by atoms with Gasteiger partial charge in [0.25, 0.3) is 0 Å². The smallest absolute Gasteiger partial charge is 0.166 e. The van der Waals surface area contributed by atoms with E-state index >= 15 is 0 Å². The minimum atomic E-state index is 0.987. The Labute approximate surface area is 129 Å². The number of rotatable bonds is 2. The van der Waals surface area contributed by atoms with Gasteiger partial charge in [-0.2, -0.15) is 5.10 Å². The Morgan fingerprint density at radius 1 is 1.05 bits per heavy atom. The Hall–Kier alpha value is -2.62. The minimum Gasteiger partial charge on any atom is -0.276 e. The number of aromatic nitrogens is 4. The second-order valence-corrected chi connectivity index (χ2v) is 5.68. The number of benzene rings is 1. The molecule has 3 aromatic rings. The molecule has 1 aliphatic rings. The number of aryl methyl sites for hydroxylation is 2. The highest BCUT2D eigenvalue weighted by Crippen LogP contribution is 2.28. The Morgan fingerprint density at radius 3 is 2.59 bits per heavy atom. The molecule has 0 aliphatic heterocycles. The highest BCUT2D eigenvalue weighted by Gasteiger charge is 2.20. The van der Waals surface area contributed by atoms with E-state index in [9.17, 15) is 0 Å². The maximum absolute atomic E-state index is 4.76. The average Bonchev–Trinajstić information content (AvgIpc) is 3.06. The van der Waals surface area contributed by atoms with E-state index in [-0.39, 0.29) is 0 Å². The van der Waals surface area contributed by atoms with Crippen LogP contribution in [0.4, 0.5) is 0 Å². The zero-order valence-corrected chi connectivity index (χ0v) is 12.8. The molecule has 0 radical (unpaired) electrons. The van der Waals surface area contributed by atoms with Gasteiger partial charge in [0.1, 0.15) is 0 Å². The first-order chi connectivity index (χ1) is 10.8. The third-order valence-electron chi connectivity index (χ3n) is 4.24. The van der Waals surface area contributed by atoms with Crippen LogP contribution in [0.5, 0.6) is 0 Å². The van der Waals surface area contributed by atoms with Gasteiger partial charge in [0.2, 0.25) is 0 Å². The molecular weight excluding hydrogens is 272 g/mol. The monoisotopic (exact) mass is 290 g/mol. The summed E-state index contributed by atoms with van der Waals surface area (Å²) in [4.78, 5) is 0. The van der Waals surface area contributed by atoms with Gasteiger partial charge in [-0.15, -0.1) is 9.73 Å². The van der Waals surface area contributed by atoms with Gasteiger partial charge >= 0.3 is 0 Å². The van der Waals surface area contributed by atoms with Crippen molar-refractivity contribution in [3.63, 3.8) is 0 Å². The molecule has 0 saturated carbocycles. The quantitative estimate of drug-likeness (QED) is 0.718. The maximum Gasteiger partial charge on any atom is 0.166 e. The molecule has 1 aliphatic carbocycles. The van der Waals surface area contributed by atoms with Crippen molar-refractivity contribution in [2.24, 2.45) is 0 Å². The Bertz CT molecular complexity index is 894. The molecule has 0 amide bonds. The van der Waals surface area contributed by atoms with E-state index in [0.717, 1.165) is 35.7 Å². The lowest BCUT2D eigenvalue weighted by atomic mass is 10.0. The molecule has 0 saturated heterocycles. The van der Waals surface area contributed by atoms with Gasteiger partial charge in [-0.25, -0.2) is 0 Å². The van der Waals surface area contributed by atoms with Gasteiger partial charge in [-0.1, -0.05) is 36.4 Å². The van der Waals surface area contributed by atoms with Crippen LogP contribution in [0.25, 0.3) is 16.9 Å². The van der Waals surface area contributed by atoms with Crippen LogP contribution in [0.15, 0.2) is 48.6 Å². The van der Waals surface area contributed by atoms with E-state index in [0.29, 0.717) is 0 Å². The topological polar surface area (TPSA) is 35.1 Å². The first-order valence-corrected chi connectivity index (χ1v) is 7.62. The molecule has 1 aromatic carbocycles. The molecular formula is C18H18N4. The predicted molar refractivity (Wildman–Crippen MR) is 88.1 cm³/mol. The van der Waals surface area contributed by atoms with Crippen LogP contribution in [0, 0.1) is 13.8 Å². The predicted octanol–water partition coefficient (Wildman–Crippen LogP) is 3.87. The molecule has 4 heteroatoms. The molecule has 0 bridgehead atoms. The van der Waals surface area contributed by atoms with Gasteiger partial charge in [0.05, 0.1) is 5.69 Å².